The number of carbonyl (C=O) groups is 7. The normalized spacial score (nSPS) is 24.9. The number of esters is 5. The molecule has 0 spiro atoms. The van der Waals surface area contributed by atoms with Crippen LogP contribution in [0.4, 0.5) is 0 Å². The van der Waals surface area contributed by atoms with Crippen molar-refractivity contribution in [2.45, 2.75) is 48.8 Å². The third-order valence-electron chi connectivity index (χ3n) is 11.3. The van der Waals surface area contributed by atoms with Gasteiger partial charge in [-0.3, -0.25) is 9.59 Å². The lowest BCUT2D eigenvalue weighted by Gasteiger charge is -2.44. The Morgan fingerprint density at radius 1 is 0.609 bits per heavy atom. The molecule has 14 N–H and O–H groups in total. The number of cyclic esters (lactones) is 1. The van der Waals surface area contributed by atoms with Crippen molar-refractivity contribution in [3.63, 3.8) is 0 Å². The number of carboxylic acids is 2. The Kier molecular flexibility index (Phi) is 10.9. The van der Waals surface area contributed by atoms with Crippen LogP contribution >= 0.6 is 0 Å². The standard InChI is InChI=1S/C41H30O28/c42-13-1-8(2-14(43)24(13)49)34(55)68-39-33-32-30(65-38(59)12(6-19(47)48)23-22-11(37(58)67-33)5-17(46)27(52)31(22)69-41(23,62)40(60)61)18(64-39)7-63-35(56)9-3-15(44)25(50)28(53)20(9)21-10(36(57)66-32)4-16(45)26(51)29(21)54/h1-5,12,18,23,30,32-33,39,42-46,49-54,62H,6-7H2,(H,47,48)(H,60,61)/t12?,18-,23+,30-,32+,33-,39+,41+/m1/s1. The fraction of sp³-hybridized carbons (Fsp3) is 0.244. The SMILES string of the molecule is O=C(O)CC1C(=O)O[C@H]2[C@@H]3OC(=O)c4cc(O)c(O)c(O)c4-c4c(cc(O)c(O)c4O)C(=O)OC[C@H]2O[C@@H](OC(=O)c2cc(O)c(O)c(O)c2)[C@@H]3OC(=O)c2cc(O)c(O)c3c2[C@H]1[C@@](O)(C(=O)O)O3. The monoisotopic (exact) mass is 970 g/mol. The van der Waals surface area contributed by atoms with Crippen LogP contribution in [0.5, 0.6) is 69.0 Å². The Morgan fingerprint density at radius 2 is 1.12 bits per heavy atom. The van der Waals surface area contributed by atoms with E-state index < -0.39 is 211 Å². The highest BCUT2D eigenvalue weighted by atomic mass is 16.7. The summed E-state index contributed by atoms with van der Waals surface area (Å²) >= 11 is 0. The number of hydrogen-bond donors (Lipinski definition) is 14. The number of ether oxygens (including phenoxy) is 7. The van der Waals surface area contributed by atoms with E-state index in [4.69, 9.17) is 33.2 Å². The van der Waals surface area contributed by atoms with Crippen molar-refractivity contribution in [1.29, 1.82) is 0 Å². The van der Waals surface area contributed by atoms with Crippen molar-refractivity contribution in [1.82, 2.24) is 0 Å². The molecule has 8 atom stereocenters. The summed E-state index contributed by atoms with van der Waals surface area (Å²) in [7, 11) is 0. The first-order valence-electron chi connectivity index (χ1n) is 19.3. The number of aromatic hydroxyl groups is 11. The molecule has 4 aliphatic rings. The first kappa shape index (κ1) is 46.2. The zero-order chi connectivity index (χ0) is 50.5. The number of carboxylic acid groups (broad SMARTS) is 2. The summed E-state index contributed by atoms with van der Waals surface area (Å²) in [5.41, 5.74) is -7.49. The van der Waals surface area contributed by atoms with E-state index in [1.165, 1.54) is 0 Å². The highest BCUT2D eigenvalue weighted by molar-refractivity contribution is 6.08. The second-order valence-corrected chi connectivity index (χ2v) is 15.4. The van der Waals surface area contributed by atoms with Gasteiger partial charge in [-0.25, -0.2) is 24.0 Å². The minimum absolute atomic E-state index is 0.338. The predicted molar refractivity (Wildman–Crippen MR) is 207 cm³/mol. The van der Waals surface area contributed by atoms with Gasteiger partial charge in [-0.1, -0.05) is 0 Å². The number of fused-ring (bicyclic) bond motifs is 3. The van der Waals surface area contributed by atoms with Crippen LogP contribution in [0.2, 0.25) is 0 Å². The van der Waals surface area contributed by atoms with E-state index in [1.54, 1.807) is 0 Å². The average Bonchev–Trinajstić information content (AvgIpc) is 3.60. The fourth-order valence-electron chi connectivity index (χ4n) is 8.17. The van der Waals surface area contributed by atoms with Gasteiger partial charge >= 0.3 is 47.6 Å². The zero-order valence-corrected chi connectivity index (χ0v) is 33.8. The van der Waals surface area contributed by atoms with Crippen LogP contribution in [-0.2, 0) is 42.8 Å². The predicted octanol–water partition coefficient (Wildman–Crippen LogP) is -0.116. The number of aliphatic carboxylic acids is 2. The average molecular weight is 971 g/mol. The summed E-state index contributed by atoms with van der Waals surface area (Å²) in [5.74, 6) is -38.0. The van der Waals surface area contributed by atoms with Crippen molar-refractivity contribution >= 4 is 41.8 Å². The Bertz CT molecular complexity index is 2950. The molecule has 8 rings (SSSR count). The number of benzene rings is 4. The summed E-state index contributed by atoms with van der Waals surface area (Å²) in [6.07, 6.45) is -14.2. The first-order chi connectivity index (χ1) is 32.4. The highest BCUT2D eigenvalue weighted by Crippen LogP contribution is 2.58. The number of rotatable bonds is 5. The van der Waals surface area contributed by atoms with Crippen LogP contribution in [0.3, 0.4) is 0 Å². The topological polar surface area (TPSA) is 467 Å². The Labute approximate surface area is 379 Å². The maximum absolute atomic E-state index is 14.6. The summed E-state index contributed by atoms with van der Waals surface area (Å²) in [4.78, 5) is 96.7. The number of phenols is 11. The molecule has 362 valence electrons. The molecule has 0 aliphatic carbocycles. The van der Waals surface area contributed by atoms with Gasteiger partial charge < -0.3 is 105 Å². The maximum Gasteiger partial charge on any atom is 0.377 e. The molecule has 1 unspecified atom stereocenters. The van der Waals surface area contributed by atoms with E-state index >= 15 is 0 Å². The van der Waals surface area contributed by atoms with Gasteiger partial charge in [0.05, 0.1) is 40.5 Å². The van der Waals surface area contributed by atoms with Gasteiger partial charge in [-0.15, -0.1) is 0 Å². The van der Waals surface area contributed by atoms with Crippen LogP contribution in [0.25, 0.3) is 11.1 Å². The van der Waals surface area contributed by atoms with Crippen molar-refractivity contribution in [2.24, 2.45) is 5.92 Å². The van der Waals surface area contributed by atoms with Gasteiger partial charge in [-0.2, -0.15) is 0 Å². The minimum atomic E-state index is -3.81. The number of aliphatic hydroxyl groups is 1. The minimum Gasteiger partial charge on any atom is -0.504 e. The lowest BCUT2D eigenvalue weighted by atomic mass is 9.77. The molecule has 0 amide bonds. The Balaban J connectivity index is 1.40. The van der Waals surface area contributed by atoms with Crippen LogP contribution in [-0.4, -0.2) is 156 Å². The molecule has 4 bridgehead atoms. The Morgan fingerprint density at radius 3 is 1.68 bits per heavy atom. The molecular formula is C41H30O28. The van der Waals surface area contributed by atoms with Gasteiger partial charge in [0.2, 0.25) is 29.6 Å². The first-order valence-corrected chi connectivity index (χ1v) is 19.3. The van der Waals surface area contributed by atoms with Crippen LogP contribution in [0.15, 0.2) is 30.3 Å². The molecule has 0 aromatic heterocycles. The van der Waals surface area contributed by atoms with Crippen molar-refractivity contribution in [3.05, 3.63) is 58.1 Å². The summed E-state index contributed by atoms with van der Waals surface area (Å²) in [6, 6.07) is 2.20. The molecule has 0 radical (unpaired) electrons. The third kappa shape index (κ3) is 7.30. The van der Waals surface area contributed by atoms with Crippen molar-refractivity contribution in [3.8, 4) is 80.1 Å². The summed E-state index contributed by atoms with van der Waals surface area (Å²) in [6.45, 7) is -1.36. The lowest BCUT2D eigenvalue weighted by Crippen LogP contribution is -2.63. The van der Waals surface area contributed by atoms with E-state index in [0.29, 0.717) is 30.3 Å². The molecule has 4 aliphatic heterocycles. The fourth-order valence-corrected chi connectivity index (χ4v) is 8.17. The smallest absolute Gasteiger partial charge is 0.377 e. The number of carbonyl (C=O) groups excluding carboxylic acids is 5. The van der Waals surface area contributed by atoms with Gasteiger partial charge in [0.25, 0.3) is 0 Å². The maximum atomic E-state index is 14.6. The van der Waals surface area contributed by atoms with E-state index in [9.17, 15) is 105 Å². The van der Waals surface area contributed by atoms with E-state index in [-0.39, 0.29) is 0 Å². The second-order valence-electron chi connectivity index (χ2n) is 15.4. The van der Waals surface area contributed by atoms with E-state index in [0.717, 1.165) is 0 Å². The van der Waals surface area contributed by atoms with Crippen molar-refractivity contribution in [2.75, 3.05) is 6.61 Å². The highest BCUT2D eigenvalue weighted by Gasteiger charge is 2.64. The molecule has 0 saturated carbocycles. The molecule has 4 aromatic carbocycles. The van der Waals surface area contributed by atoms with Crippen LogP contribution in [0, 0.1) is 5.92 Å². The quantitative estimate of drug-likeness (QED) is 0.0704. The zero-order valence-electron chi connectivity index (χ0n) is 33.8. The molecular weight excluding hydrogens is 940 g/mol. The van der Waals surface area contributed by atoms with Gasteiger partial charge in [-0.05, 0) is 30.3 Å². The second kappa shape index (κ2) is 16.2. The number of phenolic OH excluding ortho intramolecular Hbond substituents is 11. The third-order valence-corrected chi connectivity index (χ3v) is 11.3. The van der Waals surface area contributed by atoms with Gasteiger partial charge in [0.1, 0.15) is 12.7 Å². The number of hydrogen-bond acceptors (Lipinski definition) is 26. The molecule has 69 heavy (non-hydrogen) atoms. The van der Waals surface area contributed by atoms with Crippen molar-refractivity contribution < 1.29 is 138 Å². The molecule has 1 saturated heterocycles. The van der Waals surface area contributed by atoms with Gasteiger partial charge in [0.15, 0.2) is 64.0 Å². The van der Waals surface area contributed by atoms with Crippen LogP contribution in [0.1, 0.15) is 59.3 Å². The lowest BCUT2D eigenvalue weighted by molar-refractivity contribution is -0.287. The summed E-state index contributed by atoms with van der Waals surface area (Å²) < 4.78 is 38.8. The molecule has 4 aromatic rings. The van der Waals surface area contributed by atoms with E-state index in [2.05, 4.69) is 0 Å². The van der Waals surface area contributed by atoms with Crippen LogP contribution < -0.4 is 4.74 Å². The molecule has 28 heteroatoms. The molecule has 28 nitrogen and oxygen atoms in total. The summed E-state index contributed by atoms with van der Waals surface area (Å²) in [5, 5.41) is 148. The molecule has 1 fully saturated rings. The Hall–Kier alpha value is -9.31. The largest absolute Gasteiger partial charge is 0.504 e. The molecule has 4 heterocycles. The van der Waals surface area contributed by atoms with Gasteiger partial charge in [0, 0.05) is 16.7 Å². The van der Waals surface area contributed by atoms with E-state index in [1.807, 2.05) is 0 Å².